The molecule has 1 unspecified atom stereocenters. The Hall–Kier alpha value is -4.68. The summed E-state index contributed by atoms with van der Waals surface area (Å²) in [5, 5.41) is 16.8. The van der Waals surface area contributed by atoms with Gasteiger partial charge in [-0.15, -0.1) is 10.2 Å². The number of H-pyrrole nitrogens is 2. The van der Waals surface area contributed by atoms with Crippen LogP contribution < -0.4 is 15.8 Å². The average Bonchev–Trinajstić information content (AvgIpc) is 3.59. The Kier molecular flexibility index (Phi) is 6.81. The van der Waals surface area contributed by atoms with Gasteiger partial charge >= 0.3 is 5.97 Å². The molecule has 0 bridgehead atoms. The predicted octanol–water partition coefficient (Wildman–Crippen LogP) is 1.17. The van der Waals surface area contributed by atoms with Gasteiger partial charge < -0.3 is 19.9 Å². The lowest BCUT2D eigenvalue weighted by Gasteiger charge is -2.27. The van der Waals surface area contributed by atoms with Crippen molar-refractivity contribution in [2.24, 2.45) is 0 Å². The predicted molar refractivity (Wildman–Crippen MR) is 137 cm³/mol. The van der Waals surface area contributed by atoms with E-state index in [-0.39, 0.29) is 23.7 Å². The number of carbonyl (C=O) groups excluding carboxylic acids is 2. The van der Waals surface area contributed by atoms with E-state index in [9.17, 15) is 14.4 Å². The maximum Gasteiger partial charge on any atom is 0.328 e. The number of rotatable bonds is 8. The number of amides is 1. The van der Waals surface area contributed by atoms with Crippen molar-refractivity contribution >= 4 is 28.5 Å². The molecule has 38 heavy (non-hydrogen) atoms. The van der Waals surface area contributed by atoms with E-state index in [0.717, 1.165) is 24.1 Å². The van der Waals surface area contributed by atoms with Gasteiger partial charge in [0.15, 0.2) is 5.82 Å². The molecule has 2 atom stereocenters. The molecule has 5 rings (SSSR count). The molecule has 3 N–H and O–H groups in total. The molecular formula is C25H27N9O4. The van der Waals surface area contributed by atoms with Gasteiger partial charge in [-0.1, -0.05) is 5.21 Å². The maximum absolute atomic E-state index is 12.8. The van der Waals surface area contributed by atoms with Crippen LogP contribution in [0.15, 0.2) is 35.3 Å². The van der Waals surface area contributed by atoms with Crippen molar-refractivity contribution in [1.82, 2.24) is 40.9 Å². The quantitative estimate of drug-likeness (QED) is 0.288. The van der Waals surface area contributed by atoms with Crippen molar-refractivity contribution in [3.8, 4) is 0 Å². The van der Waals surface area contributed by atoms with Crippen LogP contribution >= 0.6 is 0 Å². The van der Waals surface area contributed by atoms with Crippen molar-refractivity contribution in [3.63, 3.8) is 0 Å². The summed E-state index contributed by atoms with van der Waals surface area (Å²) in [6.07, 6.45) is 3.95. The highest BCUT2D eigenvalue weighted by molar-refractivity contribution is 5.95. The Balaban J connectivity index is 1.30. The zero-order chi connectivity index (χ0) is 26.8. The number of benzene rings is 1. The van der Waals surface area contributed by atoms with E-state index in [2.05, 4.69) is 45.8 Å². The Bertz CT molecular complexity index is 1530. The Labute approximate surface area is 217 Å². The number of pyridine rings is 1. The number of tetrazole rings is 1. The monoisotopic (exact) mass is 517 g/mol. The number of nitrogens with one attached hydrogen (secondary N) is 3. The van der Waals surface area contributed by atoms with Crippen LogP contribution in [0.25, 0.3) is 10.9 Å². The van der Waals surface area contributed by atoms with E-state index < -0.39 is 17.9 Å². The molecule has 1 amide bonds. The normalized spacial score (nSPS) is 15.2. The summed E-state index contributed by atoms with van der Waals surface area (Å²) < 4.78 is 4.82. The largest absolute Gasteiger partial charge is 0.467 e. The molecule has 3 aromatic heterocycles. The highest BCUT2D eigenvalue weighted by Gasteiger charge is 2.28. The zero-order valence-electron chi connectivity index (χ0n) is 21.2. The molecule has 0 spiro atoms. The van der Waals surface area contributed by atoms with Crippen LogP contribution in [-0.4, -0.2) is 67.7 Å². The molecule has 1 aliphatic carbocycles. The third kappa shape index (κ3) is 4.94. The summed E-state index contributed by atoms with van der Waals surface area (Å²) in [6.45, 7) is 1.77. The van der Waals surface area contributed by atoms with Gasteiger partial charge in [0.1, 0.15) is 17.6 Å². The number of aromatic amines is 2. The summed E-state index contributed by atoms with van der Waals surface area (Å²) in [5.41, 5.74) is 3.79. The molecular weight excluding hydrogens is 490 g/mol. The zero-order valence-corrected chi connectivity index (χ0v) is 21.2. The SMILES string of the molecule is COC(=O)[C@H](CCc1nn[nH]n1)NC(=O)c1ccc(N(C)C2CCc3cc4nc(C)[nH]c(=O)c4cc32)cn1. The summed E-state index contributed by atoms with van der Waals surface area (Å²) in [4.78, 5) is 51.2. The fourth-order valence-electron chi connectivity index (χ4n) is 4.83. The Morgan fingerprint density at radius 1 is 1.29 bits per heavy atom. The third-order valence-electron chi connectivity index (χ3n) is 6.82. The van der Waals surface area contributed by atoms with Crippen LogP contribution in [-0.2, 0) is 22.4 Å². The Morgan fingerprint density at radius 2 is 2.13 bits per heavy atom. The van der Waals surface area contributed by atoms with E-state index in [4.69, 9.17) is 4.74 Å². The van der Waals surface area contributed by atoms with Crippen molar-refractivity contribution < 1.29 is 14.3 Å². The number of aryl methyl sites for hydroxylation is 3. The average molecular weight is 518 g/mol. The number of nitrogens with zero attached hydrogens (tertiary/aromatic N) is 6. The first-order chi connectivity index (χ1) is 18.3. The maximum atomic E-state index is 12.8. The molecule has 13 nitrogen and oxygen atoms in total. The lowest BCUT2D eigenvalue weighted by molar-refractivity contribution is -0.143. The van der Waals surface area contributed by atoms with Gasteiger partial charge in [-0.25, -0.2) is 14.8 Å². The molecule has 0 saturated carbocycles. The van der Waals surface area contributed by atoms with Gasteiger partial charge in [0.05, 0.1) is 35.9 Å². The van der Waals surface area contributed by atoms with Crippen LogP contribution in [0.1, 0.15) is 52.1 Å². The second-order valence-electron chi connectivity index (χ2n) is 9.20. The minimum Gasteiger partial charge on any atom is -0.467 e. The molecule has 0 radical (unpaired) electrons. The first-order valence-corrected chi connectivity index (χ1v) is 12.2. The standard InChI is InChI=1S/C25H27N9O4/c1-13-27-20-10-14-4-8-21(16(14)11-17(20)23(35)28-13)34(2)15-5-6-18(26-12-15)24(36)29-19(25(37)38-3)7-9-22-30-32-33-31-22/h5-6,10-12,19,21H,4,7-9H2,1-3H3,(H,29,36)(H,27,28,35)(H,30,31,32,33)/t19-,21?/m0/s1. The van der Waals surface area contributed by atoms with Crippen molar-refractivity contribution in [1.29, 1.82) is 0 Å². The number of carbonyl (C=O) groups is 2. The van der Waals surface area contributed by atoms with E-state index >= 15 is 0 Å². The molecule has 1 aliphatic rings. The summed E-state index contributed by atoms with van der Waals surface area (Å²) in [6, 6.07) is 6.52. The fourth-order valence-corrected chi connectivity index (χ4v) is 4.83. The summed E-state index contributed by atoms with van der Waals surface area (Å²) in [7, 11) is 3.22. The number of hydrogen-bond acceptors (Lipinski definition) is 10. The van der Waals surface area contributed by atoms with Crippen molar-refractivity contribution in [3.05, 3.63) is 69.3 Å². The number of fused-ring (bicyclic) bond motifs is 2. The summed E-state index contributed by atoms with van der Waals surface area (Å²) >= 11 is 0. The minimum absolute atomic E-state index is 0.0467. The molecule has 0 saturated heterocycles. The highest BCUT2D eigenvalue weighted by Crippen LogP contribution is 2.38. The van der Waals surface area contributed by atoms with E-state index in [1.54, 1.807) is 19.2 Å². The smallest absolute Gasteiger partial charge is 0.328 e. The van der Waals surface area contributed by atoms with Gasteiger partial charge in [-0.3, -0.25) is 9.59 Å². The number of ether oxygens (including phenoxy) is 1. The van der Waals surface area contributed by atoms with Crippen molar-refractivity contribution in [2.75, 3.05) is 19.1 Å². The molecule has 13 heteroatoms. The molecule has 0 fully saturated rings. The van der Waals surface area contributed by atoms with E-state index in [1.165, 1.54) is 12.7 Å². The molecule has 3 heterocycles. The second kappa shape index (κ2) is 10.4. The molecule has 196 valence electrons. The fraction of sp³-hybridized carbons (Fsp3) is 0.360. The van der Waals surface area contributed by atoms with Gasteiger partial charge in [0.2, 0.25) is 0 Å². The second-order valence-corrected chi connectivity index (χ2v) is 9.20. The van der Waals surface area contributed by atoms with Crippen LogP contribution in [0.2, 0.25) is 0 Å². The van der Waals surface area contributed by atoms with E-state index in [1.807, 2.05) is 25.2 Å². The van der Waals surface area contributed by atoms with Gasteiger partial charge in [-0.2, -0.15) is 5.21 Å². The van der Waals surface area contributed by atoms with Gasteiger partial charge in [0.25, 0.3) is 11.5 Å². The number of aromatic nitrogens is 7. The van der Waals surface area contributed by atoms with Crippen LogP contribution in [0.3, 0.4) is 0 Å². The number of hydrogen-bond donors (Lipinski definition) is 3. The molecule has 0 aliphatic heterocycles. The van der Waals surface area contributed by atoms with Crippen LogP contribution in [0.5, 0.6) is 0 Å². The molecule has 1 aromatic carbocycles. The van der Waals surface area contributed by atoms with Gasteiger partial charge in [-0.05, 0) is 61.6 Å². The number of methoxy groups -OCH3 is 1. The van der Waals surface area contributed by atoms with Gasteiger partial charge in [0, 0.05) is 13.5 Å². The first-order valence-electron chi connectivity index (χ1n) is 12.2. The molecule has 4 aromatic rings. The van der Waals surface area contributed by atoms with E-state index in [0.29, 0.717) is 29.0 Å². The first kappa shape index (κ1) is 25.0. The Morgan fingerprint density at radius 3 is 2.84 bits per heavy atom. The minimum atomic E-state index is -0.888. The number of anilines is 1. The summed E-state index contributed by atoms with van der Waals surface area (Å²) in [5.74, 6) is -0.0532. The van der Waals surface area contributed by atoms with Crippen LogP contribution in [0, 0.1) is 6.92 Å². The van der Waals surface area contributed by atoms with Crippen molar-refractivity contribution in [2.45, 2.75) is 44.7 Å². The van der Waals surface area contributed by atoms with Crippen LogP contribution in [0.4, 0.5) is 5.69 Å². The number of esters is 1. The lowest BCUT2D eigenvalue weighted by atomic mass is 10.0. The lowest BCUT2D eigenvalue weighted by Crippen LogP contribution is -2.42. The topological polar surface area (TPSA) is 172 Å². The highest BCUT2D eigenvalue weighted by atomic mass is 16.5. The third-order valence-corrected chi connectivity index (χ3v) is 6.82.